The average molecular weight is 280 g/mol. The average Bonchev–Trinajstić information content (AvgIpc) is 2.38. The highest BCUT2D eigenvalue weighted by Crippen LogP contribution is 2.21. The molecule has 0 heterocycles. The molecular weight excluding hydrogens is 244 g/mol. The minimum absolute atomic E-state index is 0.539. The molecule has 0 bridgehead atoms. The Labute approximate surface area is 127 Å². The lowest BCUT2D eigenvalue weighted by Crippen LogP contribution is -2.04. The van der Waals surface area contributed by atoms with Crippen LogP contribution in [0.25, 0.3) is 0 Å². The maximum Gasteiger partial charge on any atom is 0.114 e. The predicted molar refractivity (Wildman–Crippen MR) is 89.6 cm³/mol. The molecular formula is C19H36O. The normalized spacial score (nSPS) is 15.8. The molecule has 0 fully saturated rings. The van der Waals surface area contributed by atoms with E-state index in [1.54, 1.807) is 0 Å². The molecule has 0 saturated heterocycles. The van der Waals surface area contributed by atoms with Crippen molar-refractivity contribution < 1.29 is 5.11 Å². The minimum atomic E-state index is -0.539. The summed E-state index contributed by atoms with van der Waals surface area (Å²) in [6.07, 6.45) is 15.8. The third-order valence-electron chi connectivity index (χ3n) is 4.24. The Balaban J connectivity index is 3.46. The van der Waals surface area contributed by atoms with Crippen LogP contribution < -0.4 is 0 Å². The van der Waals surface area contributed by atoms with Crippen LogP contribution >= 0.6 is 0 Å². The van der Waals surface area contributed by atoms with E-state index in [1.807, 2.05) is 0 Å². The molecule has 1 N–H and O–H groups in total. The van der Waals surface area contributed by atoms with E-state index < -0.39 is 6.10 Å². The molecule has 0 radical (unpaired) electrons. The lowest BCUT2D eigenvalue weighted by molar-refractivity contribution is 0.214. The zero-order valence-electron chi connectivity index (χ0n) is 14.2. The molecule has 0 amide bonds. The Hall–Kier alpha value is -0.480. The number of rotatable bonds is 12. The van der Waals surface area contributed by atoms with E-state index in [9.17, 15) is 5.11 Å². The first-order chi connectivity index (χ1) is 9.45. The highest BCUT2D eigenvalue weighted by Gasteiger charge is 2.07. The highest BCUT2D eigenvalue weighted by molar-refractivity contribution is 4.92. The maximum atomic E-state index is 9.30. The van der Waals surface area contributed by atoms with Gasteiger partial charge in [-0.1, -0.05) is 78.6 Å². The first kappa shape index (κ1) is 19.5. The van der Waals surface area contributed by atoms with E-state index in [4.69, 9.17) is 6.42 Å². The van der Waals surface area contributed by atoms with Gasteiger partial charge in [0, 0.05) is 0 Å². The van der Waals surface area contributed by atoms with Crippen LogP contribution in [0.2, 0.25) is 0 Å². The number of hydrogen-bond donors (Lipinski definition) is 1. The second-order valence-corrected chi connectivity index (χ2v) is 7.08. The van der Waals surface area contributed by atoms with Crippen LogP contribution in [0.4, 0.5) is 0 Å². The molecule has 1 heteroatoms. The van der Waals surface area contributed by atoms with Crippen molar-refractivity contribution in [1.82, 2.24) is 0 Å². The molecule has 3 unspecified atom stereocenters. The Kier molecular flexibility index (Phi) is 12.0. The molecule has 1 nitrogen and oxygen atoms in total. The highest BCUT2D eigenvalue weighted by atomic mass is 16.3. The summed E-state index contributed by atoms with van der Waals surface area (Å²) >= 11 is 0. The van der Waals surface area contributed by atoms with Crippen LogP contribution in [0.3, 0.4) is 0 Å². The Morgan fingerprint density at radius 3 is 1.55 bits per heavy atom. The number of aliphatic hydroxyl groups excluding tert-OH is 1. The van der Waals surface area contributed by atoms with Crippen molar-refractivity contribution in [1.29, 1.82) is 0 Å². The second kappa shape index (κ2) is 12.3. The second-order valence-electron chi connectivity index (χ2n) is 7.08. The molecule has 0 aromatic carbocycles. The third kappa shape index (κ3) is 12.5. The predicted octanol–water partition coefficient (Wildman–Crippen LogP) is 5.42. The van der Waals surface area contributed by atoms with E-state index >= 15 is 0 Å². The number of terminal acetylenes is 1. The quantitative estimate of drug-likeness (QED) is 0.473. The van der Waals surface area contributed by atoms with Crippen molar-refractivity contribution in [3.8, 4) is 12.3 Å². The van der Waals surface area contributed by atoms with E-state index in [0.29, 0.717) is 0 Å². The fourth-order valence-corrected chi connectivity index (χ4v) is 2.72. The maximum absolute atomic E-state index is 9.30. The number of hydrogen-bond acceptors (Lipinski definition) is 1. The first-order valence-electron chi connectivity index (χ1n) is 8.59. The van der Waals surface area contributed by atoms with Gasteiger partial charge in [0.2, 0.25) is 0 Å². The van der Waals surface area contributed by atoms with Crippen molar-refractivity contribution in [2.45, 2.75) is 91.6 Å². The van der Waals surface area contributed by atoms with Gasteiger partial charge in [-0.15, -0.1) is 6.42 Å². The summed E-state index contributed by atoms with van der Waals surface area (Å²) in [5.74, 6) is 4.87. The Morgan fingerprint density at radius 1 is 0.750 bits per heavy atom. The fourth-order valence-electron chi connectivity index (χ4n) is 2.72. The van der Waals surface area contributed by atoms with Crippen LogP contribution in [-0.2, 0) is 0 Å². The van der Waals surface area contributed by atoms with Gasteiger partial charge in [0.1, 0.15) is 6.10 Å². The van der Waals surface area contributed by atoms with Crippen LogP contribution in [0.1, 0.15) is 85.5 Å². The smallest absolute Gasteiger partial charge is 0.114 e. The van der Waals surface area contributed by atoms with Crippen molar-refractivity contribution >= 4 is 0 Å². The third-order valence-corrected chi connectivity index (χ3v) is 4.24. The molecule has 0 spiro atoms. The van der Waals surface area contributed by atoms with Gasteiger partial charge in [0.25, 0.3) is 0 Å². The summed E-state index contributed by atoms with van der Waals surface area (Å²) in [6, 6.07) is 0. The molecule has 0 aromatic heterocycles. The summed E-state index contributed by atoms with van der Waals surface area (Å²) in [4.78, 5) is 0. The van der Waals surface area contributed by atoms with Gasteiger partial charge in [-0.05, 0) is 30.6 Å². The lowest BCUT2D eigenvalue weighted by Gasteiger charge is -2.15. The topological polar surface area (TPSA) is 20.2 Å². The van der Waals surface area contributed by atoms with Crippen LogP contribution in [0.5, 0.6) is 0 Å². The first-order valence-corrected chi connectivity index (χ1v) is 8.59. The van der Waals surface area contributed by atoms with Crippen molar-refractivity contribution in [2.24, 2.45) is 17.8 Å². The van der Waals surface area contributed by atoms with Gasteiger partial charge in [-0.25, -0.2) is 0 Å². The van der Waals surface area contributed by atoms with Gasteiger partial charge >= 0.3 is 0 Å². The van der Waals surface area contributed by atoms with Gasteiger partial charge in [0.05, 0.1) is 0 Å². The van der Waals surface area contributed by atoms with Crippen LogP contribution in [0, 0.1) is 30.1 Å². The van der Waals surface area contributed by atoms with Gasteiger partial charge in [0.15, 0.2) is 0 Å². The standard InChI is InChI=1S/C19H36O/c1-6-19(20)15-9-14-18(5)13-8-12-17(4)11-7-10-16(2)3/h1,16-20H,7-15H2,2-5H3. The van der Waals surface area contributed by atoms with Crippen molar-refractivity contribution in [3.63, 3.8) is 0 Å². The molecule has 118 valence electrons. The van der Waals surface area contributed by atoms with E-state index in [-0.39, 0.29) is 0 Å². The monoisotopic (exact) mass is 280 g/mol. The fraction of sp³-hybridized carbons (Fsp3) is 0.895. The molecule has 3 atom stereocenters. The zero-order valence-corrected chi connectivity index (χ0v) is 14.2. The molecule has 20 heavy (non-hydrogen) atoms. The van der Waals surface area contributed by atoms with E-state index in [1.165, 1.54) is 44.9 Å². The summed E-state index contributed by atoms with van der Waals surface area (Å²) in [5, 5.41) is 9.30. The Morgan fingerprint density at radius 2 is 1.15 bits per heavy atom. The molecule has 0 aromatic rings. The summed E-state index contributed by atoms with van der Waals surface area (Å²) in [5.41, 5.74) is 0. The van der Waals surface area contributed by atoms with Crippen molar-refractivity contribution in [2.75, 3.05) is 0 Å². The minimum Gasteiger partial charge on any atom is -0.380 e. The number of aliphatic hydroxyl groups is 1. The lowest BCUT2D eigenvalue weighted by atomic mass is 9.92. The zero-order chi connectivity index (χ0) is 15.4. The molecule has 0 aliphatic rings. The Bertz CT molecular complexity index is 251. The summed E-state index contributed by atoms with van der Waals surface area (Å²) < 4.78 is 0. The van der Waals surface area contributed by atoms with Gasteiger partial charge in [-0.3, -0.25) is 0 Å². The van der Waals surface area contributed by atoms with Crippen LogP contribution in [0.15, 0.2) is 0 Å². The molecule has 0 aliphatic carbocycles. The largest absolute Gasteiger partial charge is 0.380 e. The van der Waals surface area contributed by atoms with E-state index in [2.05, 4.69) is 33.6 Å². The molecule has 0 saturated carbocycles. The van der Waals surface area contributed by atoms with Crippen molar-refractivity contribution in [3.05, 3.63) is 0 Å². The van der Waals surface area contributed by atoms with Crippen LogP contribution in [-0.4, -0.2) is 11.2 Å². The molecule has 0 rings (SSSR count). The SMILES string of the molecule is C#CC(O)CCCC(C)CCCC(C)CCCC(C)C. The van der Waals surface area contributed by atoms with Gasteiger partial charge in [-0.2, -0.15) is 0 Å². The molecule has 0 aliphatic heterocycles. The summed E-state index contributed by atoms with van der Waals surface area (Å²) in [7, 11) is 0. The summed E-state index contributed by atoms with van der Waals surface area (Å²) in [6.45, 7) is 9.34. The van der Waals surface area contributed by atoms with E-state index in [0.717, 1.165) is 30.6 Å². The van der Waals surface area contributed by atoms with Gasteiger partial charge < -0.3 is 5.11 Å².